The predicted molar refractivity (Wildman–Crippen MR) is 87.5 cm³/mol. The first-order valence-electron chi connectivity index (χ1n) is 6.45. The Morgan fingerprint density at radius 3 is 2.70 bits per heavy atom. The van der Waals surface area contributed by atoms with Gasteiger partial charge >= 0.3 is 5.97 Å². The molecule has 0 atom stereocenters. The van der Waals surface area contributed by atoms with Crippen LogP contribution >= 0.6 is 11.8 Å². The maximum atomic E-state index is 12.0. The van der Waals surface area contributed by atoms with Gasteiger partial charge in [0.15, 0.2) is 5.84 Å². The van der Waals surface area contributed by atoms with Crippen molar-refractivity contribution >= 4 is 29.3 Å². The van der Waals surface area contributed by atoms with Gasteiger partial charge in [-0.25, -0.2) is 4.79 Å². The number of carbonyl (C=O) groups is 1. The largest absolute Gasteiger partial charge is 0.380 e. The molecule has 0 spiro atoms. The lowest BCUT2D eigenvalue weighted by Crippen LogP contribution is -2.15. The fourth-order valence-electron chi connectivity index (χ4n) is 1.78. The van der Waals surface area contributed by atoms with E-state index in [2.05, 4.69) is 5.16 Å². The number of nitro benzene ring substituents is 1. The van der Waals surface area contributed by atoms with E-state index in [0.29, 0.717) is 11.1 Å². The van der Waals surface area contributed by atoms with Gasteiger partial charge in [0, 0.05) is 22.6 Å². The van der Waals surface area contributed by atoms with Crippen LogP contribution in [0.4, 0.5) is 5.69 Å². The predicted octanol–water partition coefficient (Wildman–Crippen LogP) is 2.79. The zero-order valence-electron chi connectivity index (χ0n) is 12.1. The monoisotopic (exact) mass is 331 g/mol. The van der Waals surface area contributed by atoms with Crippen molar-refractivity contribution in [1.29, 1.82) is 0 Å². The third-order valence-electron chi connectivity index (χ3n) is 2.91. The van der Waals surface area contributed by atoms with Gasteiger partial charge in [-0.15, -0.1) is 11.8 Å². The number of hydrogen-bond donors (Lipinski definition) is 1. The molecule has 0 saturated heterocycles. The summed E-state index contributed by atoms with van der Waals surface area (Å²) in [5.41, 5.74) is 6.25. The molecule has 0 radical (unpaired) electrons. The fraction of sp³-hybridized carbons (Fsp3) is 0.0667. The number of rotatable bonds is 5. The molecule has 0 aliphatic rings. The van der Waals surface area contributed by atoms with E-state index in [0.717, 1.165) is 4.90 Å². The maximum absolute atomic E-state index is 12.0. The van der Waals surface area contributed by atoms with Crippen LogP contribution in [0.5, 0.6) is 0 Å². The van der Waals surface area contributed by atoms with Crippen molar-refractivity contribution in [2.75, 3.05) is 6.26 Å². The summed E-state index contributed by atoms with van der Waals surface area (Å²) in [6.07, 6.45) is 1.84. The van der Waals surface area contributed by atoms with Crippen LogP contribution in [-0.2, 0) is 4.84 Å². The van der Waals surface area contributed by atoms with Crippen LogP contribution in [0, 0.1) is 10.1 Å². The number of benzene rings is 2. The summed E-state index contributed by atoms with van der Waals surface area (Å²) in [6.45, 7) is 0. The van der Waals surface area contributed by atoms with E-state index >= 15 is 0 Å². The second-order valence-electron chi connectivity index (χ2n) is 4.36. The van der Waals surface area contributed by atoms with E-state index < -0.39 is 10.9 Å². The first-order chi connectivity index (χ1) is 11.0. The van der Waals surface area contributed by atoms with Crippen molar-refractivity contribution in [1.82, 2.24) is 0 Å². The van der Waals surface area contributed by atoms with E-state index in [4.69, 9.17) is 10.6 Å². The van der Waals surface area contributed by atoms with Gasteiger partial charge in [0.2, 0.25) is 0 Å². The molecule has 0 heterocycles. The summed E-state index contributed by atoms with van der Waals surface area (Å²) in [6, 6.07) is 12.5. The fourth-order valence-corrected chi connectivity index (χ4v) is 2.37. The third-order valence-corrected chi connectivity index (χ3v) is 3.70. The molecule has 0 saturated carbocycles. The van der Waals surface area contributed by atoms with E-state index in [1.165, 1.54) is 36.0 Å². The molecular formula is C15H13N3O4S. The highest BCUT2D eigenvalue weighted by molar-refractivity contribution is 7.98. The number of nitrogens with zero attached hydrogens (tertiary/aromatic N) is 2. The van der Waals surface area contributed by atoms with Gasteiger partial charge in [-0.05, 0) is 18.4 Å². The van der Waals surface area contributed by atoms with E-state index in [1.807, 2.05) is 12.3 Å². The average molecular weight is 331 g/mol. The van der Waals surface area contributed by atoms with Crippen molar-refractivity contribution in [3.05, 3.63) is 69.8 Å². The summed E-state index contributed by atoms with van der Waals surface area (Å²) < 4.78 is 0. The molecule has 0 aromatic heterocycles. The van der Waals surface area contributed by atoms with Crippen molar-refractivity contribution in [2.45, 2.75) is 4.90 Å². The van der Waals surface area contributed by atoms with Gasteiger partial charge in [-0.1, -0.05) is 29.4 Å². The van der Waals surface area contributed by atoms with Gasteiger partial charge in [-0.3, -0.25) is 10.1 Å². The SMILES string of the molecule is CSc1ccccc1C(=O)O/N=C(/N)c1cccc([N+](=O)[O-])c1. The number of amidine groups is 1. The topological polar surface area (TPSA) is 108 Å². The standard InChI is InChI=1S/C15H13N3O4S/c1-23-13-8-3-2-7-12(13)15(19)22-17-14(16)10-5-4-6-11(9-10)18(20)21/h2-9H,1H3,(H2,16,17). The van der Waals surface area contributed by atoms with Crippen molar-refractivity contribution < 1.29 is 14.6 Å². The summed E-state index contributed by atoms with van der Waals surface area (Å²) in [7, 11) is 0. The second kappa shape index (κ2) is 7.41. The number of hydrogen-bond acceptors (Lipinski definition) is 6. The number of nitrogens with two attached hydrogens (primary N) is 1. The molecule has 0 unspecified atom stereocenters. The van der Waals surface area contributed by atoms with Gasteiger partial charge in [0.1, 0.15) is 0 Å². The summed E-state index contributed by atoms with van der Waals surface area (Å²) in [5.74, 6) is -0.771. The highest BCUT2D eigenvalue weighted by Crippen LogP contribution is 2.20. The molecule has 2 aromatic carbocycles. The van der Waals surface area contributed by atoms with Crippen LogP contribution in [-0.4, -0.2) is 23.0 Å². The van der Waals surface area contributed by atoms with Crippen LogP contribution in [0.2, 0.25) is 0 Å². The molecule has 0 amide bonds. The molecule has 0 aliphatic heterocycles. The zero-order chi connectivity index (χ0) is 16.8. The Hall–Kier alpha value is -2.87. The van der Waals surface area contributed by atoms with Crippen molar-refractivity contribution in [3.63, 3.8) is 0 Å². The van der Waals surface area contributed by atoms with Crippen LogP contribution in [0.1, 0.15) is 15.9 Å². The Bertz CT molecular complexity index is 777. The van der Waals surface area contributed by atoms with Crippen molar-refractivity contribution in [3.8, 4) is 0 Å². The summed E-state index contributed by atoms with van der Waals surface area (Å²) >= 11 is 1.40. The van der Waals surface area contributed by atoms with Crippen LogP contribution in [0.25, 0.3) is 0 Å². The highest BCUT2D eigenvalue weighted by atomic mass is 32.2. The molecular weight excluding hydrogens is 318 g/mol. The minimum atomic E-state index is -0.650. The number of carbonyl (C=O) groups excluding carboxylic acids is 1. The lowest BCUT2D eigenvalue weighted by atomic mass is 10.2. The van der Waals surface area contributed by atoms with Crippen LogP contribution < -0.4 is 5.73 Å². The summed E-state index contributed by atoms with van der Waals surface area (Å²) in [4.78, 5) is 27.8. The Labute approximate surface area is 136 Å². The number of oxime groups is 1. The van der Waals surface area contributed by atoms with Gasteiger partial charge < -0.3 is 10.6 Å². The quantitative estimate of drug-likeness (QED) is 0.225. The molecule has 0 fully saturated rings. The van der Waals surface area contributed by atoms with Crippen LogP contribution in [0.3, 0.4) is 0 Å². The molecule has 2 N–H and O–H groups in total. The first kappa shape index (κ1) is 16.5. The highest BCUT2D eigenvalue weighted by Gasteiger charge is 2.13. The molecule has 7 nitrogen and oxygen atoms in total. The van der Waals surface area contributed by atoms with E-state index in [1.54, 1.807) is 18.2 Å². The number of nitro groups is 1. The van der Waals surface area contributed by atoms with E-state index in [-0.39, 0.29) is 11.5 Å². The third kappa shape index (κ3) is 4.07. The Balaban J connectivity index is 2.17. The first-order valence-corrected chi connectivity index (χ1v) is 7.68. The Morgan fingerprint density at radius 1 is 1.26 bits per heavy atom. The molecule has 0 bridgehead atoms. The van der Waals surface area contributed by atoms with E-state index in [9.17, 15) is 14.9 Å². The summed E-state index contributed by atoms with van der Waals surface area (Å²) in [5, 5.41) is 14.3. The Kier molecular flexibility index (Phi) is 5.32. The normalized spacial score (nSPS) is 11.1. The van der Waals surface area contributed by atoms with Gasteiger partial charge in [0.25, 0.3) is 5.69 Å². The number of non-ortho nitro benzene ring substituents is 1. The minimum absolute atomic E-state index is 0.122. The lowest BCUT2D eigenvalue weighted by molar-refractivity contribution is -0.384. The number of thioether (sulfide) groups is 1. The smallest absolute Gasteiger partial charge is 0.366 e. The second-order valence-corrected chi connectivity index (χ2v) is 5.21. The molecule has 0 aliphatic carbocycles. The molecule has 23 heavy (non-hydrogen) atoms. The molecule has 2 aromatic rings. The minimum Gasteiger partial charge on any atom is -0.380 e. The van der Waals surface area contributed by atoms with Crippen molar-refractivity contribution in [2.24, 2.45) is 10.9 Å². The van der Waals surface area contributed by atoms with Crippen LogP contribution in [0.15, 0.2) is 58.6 Å². The lowest BCUT2D eigenvalue weighted by Gasteiger charge is -2.04. The molecule has 2 rings (SSSR count). The van der Waals surface area contributed by atoms with Gasteiger partial charge in [0.05, 0.1) is 10.5 Å². The Morgan fingerprint density at radius 2 is 2.00 bits per heavy atom. The molecule has 8 heteroatoms. The van der Waals surface area contributed by atoms with Gasteiger partial charge in [-0.2, -0.15) is 0 Å². The zero-order valence-corrected chi connectivity index (χ0v) is 12.9. The molecule has 118 valence electrons. The average Bonchev–Trinajstić information content (AvgIpc) is 2.59. The maximum Gasteiger partial charge on any atom is 0.366 e.